The Hall–Kier alpha value is -4.21. The molecule has 1 saturated heterocycles. The highest BCUT2D eigenvalue weighted by Crippen LogP contribution is 2.42. The van der Waals surface area contributed by atoms with Gasteiger partial charge in [0.2, 0.25) is 0 Å². The van der Waals surface area contributed by atoms with E-state index in [0.29, 0.717) is 23.4 Å². The van der Waals surface area contributed by atoms with Crippen LogP contribution < -0.4 is 4.90 Å². The molecule has 0 radical (unpaired) electrons. The van der Waals surface area contributed by atoms with Crippen LogP contribution in [0.25, 0.3) is 0 Å². The zero-order valence-corrected chi connectivity index (χ0v) is 24.3. The van der Waals surface area contributed by atoms with Crippen LogP contribution in [0.2, 0.25) is 0 Å². The van der Waals surface area contributed by atoms with E-state index in [1.165, 1.54) is 4.90 Å². The third-order valence-electron chi connectivity index (χ3n) is 8.31. The lowest BCUT2D eigenvalue weighted by molar-refractivity contribution is -0.275. The molecular weight excluding hydrogens is 542 g/mol. The van der Waals surface area contributed by atoms with Gasteiger partial charge in [-0.15, -0.1) is 0 Å². The second kappa shape index (κ2) is 12.6. The van der Waals surface area contributed by atoms with Gasteiger partial charge in [0.05, 0.1) is 35.6 Å². The molecule has 1 aromatic heterocycles. The van der Waals surface area contributed by atoms with Crippen molar-refractivity contribution in [2.45, 2.75) is 38.4 Å². The Balaban J connectivity index is 1.22. The van der Waals surface area contributed by atoms with Gasteiger partial charge in [-0.2, -0.15) is 0 Å². The summed E-state index contributed by atoms with van der Waals surface area (Å²) in [6.07, 6.45) is 1.63. The van der Waals surface area contributed by atoms with E-state index in [2.05, 4.69) is 23.9 Å². The fraction of sp³-hybridized carbons (Fsp3) is 0.286. The molecule has 0 spiro atoms. The highest BCUT2D eigenvalue weighted by molar-refractivity contribution is 6.34. The van der Waals surface area contributed by atoms with Crippen LogP contribution in [0.15, 0.2) is 97.2 Å². The van der Waals surface area contributed by atoms with Crippen molar-refractivity contribution in [3.8, 4) is 0 Å². The van der Waals surface area contributed by atoms with E-state index in [1.807, 2.05) is 60.8 Å². The van der Waals surface area contributed by atoms with Gasteiger partial charge in [0.1, 0.15) is 0 Å². The Morgan fingerprint density at radius 1 is 0.837 bits per heavy atom. The molecule has 8 heteroatoms. The second-order valence-electron chi connectivity index (χ2n) is 11.2. The van der Waals surface area contributed by atoms with Gasteiger partial charge in [0.25, 0.3) is 11.8 Å². The Morgan fingerprint density at radius 2 is 1.49 bits per heavy atom. The summed E-state index contributed by atoms with van der Waals surface area (Å²) in [6.45, 7) is 3.66. The molecule has 2 amide bonds. The summed E-state index contributed by atoms with van der Waals surface area (Å²) < 4.78 is 13.2. The summed E-state index contributed by atoms with van der Waals surface area (Å²) in [5.74, 6) is -0.605. The number of imide groups is 1. The molecule has 43 heavy (non-hydrogen) atoms. The van der Waals surface area contributed by atoms with Crippen LogP contribution >= 0.6 is 0 Å². The van der Waals surface area contributed by atoms with Crippen LogP contribution in [0.5, 0.6) is 0 Å². The summed E-state index contributed by atoms with van der Waals surface area (Å²) in [4.78, 5) is 33.9. The van der Waals surface area contributed by atoms with Crippen molar-refractivity contribution in [2.75, 3.05) is 25.0 Å². The van der Waals surface area contributed by atoms with Crippen LogP contribution in [0.4, 0.5) is 5.69 Å². The average molecular weight is 578 g/mol. The lowest BCUT2D eigenvalue weighted by Gasteiger charge is -2.42. The maximum absolute atomic E-state index is 13.0. The van der Waals surface area contributed by atoms with Gasteiger partial charge in [-0.25, -0.2) is 4.90 Å². The minimum Gasteiger partial charge on any atom is -0.392 e. The Bertz CT molecular complexity index is 1540. The number of carbonyl (C=O) groups excluding carboxylic acids is 2. The van der Waals surface area contributed by atoms with Gasteiger partial charge in [-0.1, -0.05) is 61.5 Å². The standard InChI is InChI=1S/C35H35N3O5/c1-23-31(21-37(2)20-18-27-7-5-6-19-36-27)42-35(43-32(23)25-12-10-24(22-39)11-13-25)26-14-16-28(17-15-26)38-33(40)29-8-3-4-9-30(29)34(38)41/h3-17,19,23,31-32,35,39H,18,20-22H2,1-2H3/t23-,31+,32+,35+/m1/s1. The molecule has 4 aromatic rings. The molecule has 0 unspecified atom stereocenters. The molecule has 2 aliphatic rings. The minimum atomic E-state index is -0.649. The van der Waals surface area contributed by atoms with Crippen molar-refractivity contribution in [3.05, 3.63) is 131 Å². The molecule has 2 aliphatic heterocycles. The van der Waals surface area contributed by atoms with E-state index in [9.17, 15) is 14.7 Å². The van der Waals surface area contributed by atoms with Crippen molar-refractivity contribution in [1.29, 1.82) is 0 Å². The number of aliphatic hydroxyl groups is 1. The van der Waals surface area contributed by atoms with Crippen LogP contribution in [-0.2, 0) is 22.5 Å². The zero-order valence-electron chi connectivity index (χ0n) is 24.3. The molecule has 8 nitrogen and oxygen atoms in total. The predicted molar refractivity (Wildman–Crippen MR) is 162 cm³/mol. The molecule has 4 atom stereocenters. The second-order valence-corrected chi connectivity index (χ2v) is 11.2. The van der Waals surface area contributed by atoms with E-state index >= 15 is 0 Å². The third-order valence-corrected chi connectivity index (χ3v) is 8.31. The summed E-state index contributed by atoms with van der Waals surface area (Å²) in [6, 6.07) is 27.9. The number of aromatic nitrogens is 1. The van der Waals surface area contributed by atoms with Crippen molar-refractivity contribution in [2.24, 2.45) is 5.92 Å². The van der Waals surface area contributed by atoms with Crippen molar-refractivity contribution in [1.82, 2.24) is 9.88 Å². The molecule has 3 aromatic carbocycles. The first-order valence-corrected chi connectivity index (χ1v) is 14.6. The number of rotatable bonds is 9. The fourth-order valence-electron chi connectivity index (χ4n) is 5.78. The van der Waals surface area contributed by atoms with E-state index < -0.39 is 6.29 Å². The number of likely N-dealkylation sites (N-methyl/N-ethyl adjacent to an activating group) is 1. The first-order valence-electron chi connectivity index (χ1n) is 14.6. The largest absolute Gasteiger partial charge is 0.392 e. The molecule has 6 rings (SSSR count). The number of aliphatic hydroxyl groups excluding tert-OH is 1. The maximum atomic E-state index is 13.0. The molecule has 0 aliphatic carbocycles. The quantitative estimate of drug-likeness (QED) is 0.269. The molecule has 220 valence electrons. The summed E-state index contributed by atoms with van der Waals surface area (Å²) in [5, 5.41) is 9.53. The summed E-state index contributed by atoms with van der Waals surface area (Å²) in [7, 11) is 2.09. The SMILES string of the molecule is C[C@@H]1[C@H](CN(C)CCc2ccccn2)O[C@H](c2ccc(N3C(=O)c4ccccc4C3=O)cc2)O[C@@H]1c1ccc(CO)cc1. The van der Waals surface area contributed by atoms with Gasteiger partial charge in [0, 0.05) is 42.9 Å². The lowest BCUT2D eigenvalue weighted by Crippen LogP contribution is -2.44. The molecule has 1 fully saturated rings. The number of pyridine rings is 1. The first kappa shape index (κ1) is 28.9. The van der Waals surface area contributed by atoms with Crippen LogP contribution in [-0.4, -0.2) is 53.0 Å². The number of hydrogen-bond acceptors (Lipinski definition) is 7. The lowest BCUT2D eigenvalue weighted by atomic mass is 9.90. The topological polar surface area (TPSA) is 92.2 Å². The highest BCUT2D eigenvalue weighted by Gasteiger charge is 2.40. The Morgan fingerprint density at radius 3 is 2.12 bits per heavy atom. The highest BCUT2D eigenvalue weighted by atomic mass is 16.7. The molecular formula is C35H35N3O5. The van der Waals surface area contributed by atoms with Gasteiger partial charge >= 0.3 is 0 Å². The Kier molecular flexibility index (Phi) is 8.44. The van der Waals surface area contributed by atoms with E-state index in [-0.39, 0.29) is 36.5 Å². The number of ether oxygens (including phenoxy) is 2. The average Bonchev–Trinajstić information content (AvgIpc) is 3.31. The van der Waals surface area contributed by atoms with Crippen LogP contribution in [0, 0.1) is 5.92 Å². The number of nitrogens with zero attached hydrogens (tertiary/aromatic N) is 3. The molecule has 1 N–H and O–H groups in total. The van der Waals surface area contributed by atoms with Crippen LogP contribution in [0.3, 0.4) is 0 Å². The molecule has 0 bridgehead atoms. The summed E-state index contributed by atoms with van der Waals surface area (Å²) in [5.41, 5.74) is 5.03. The normalized spacial score (nSPS) is 21.8. The van der Waals surface area contributed by atoms with Gasteiger partial charge in [0.15, 0.2) is 6.29 Å². The van der Waals surface area contributed by atoms with Crippen molar-refractivity contribution < 1.29 is 24.2 Å². The zero-order chi connectivity index (χ0) is 29.9. The van der Waals surface area contributed by atoms with Gasteiger partial charge in [-0.05, 0) is 54.6 Å². The van der Waals surface area contributed by atoms with Gasteiger partial charge in [-0.3, -0.25) is 14.6 Å². The third kappa shape index (κ3) is 6.00. The minimum absolute atomic E-state index is 0.0176. The monoisotopic (exact) mass is 577 g/mol. The van der Waals surface area contributed by atoms with Crippen molar-refractivity contribution in [3.63, 3.8) is 0 Å². The Labute approximate surface area is 251 Å². The van der Waals surface area contributed by atoms with Gasteiger partial charge < -0.3 is 19.5 Å². The number of anilines is 1. The number of fused-ring (bicyclic) bond motifs is 1. The maximum Gasteiger partial charge on any atom is 0.266 e. The summed E-state index contributed by atoms with van der Waals surface area (Å²) >= 11 is 0. The number of hydrogen-bond donors (Lipinski definition) is 1. The van der Waals surface area contributed by atoms with E-state index in [1.54, 1.807) is 36.4 Å². The van der Waals surface area contributed by atoms with Crippen molar-refractivity contribution >= 4 is 17.5 Å². The predicted octanol–water partition coefficient (Wildman–Crippen LogP) is 5.34. The first-order chi connectivity index (χ1) is 20.9. The fourth-order valence-corrected chi connectivity index (χ4v) is 5.78. The van der Waals surface area contributed by atoms with Crippen LogP contribution in [0.1, 0.15) is 62.4 Å². The number of benzene rings is 3. The van der Waals surface area contributed by atoms with E-state index in [0.717, 1.165) is 35.3 Å². The molecule has 3 heterocycles. The smallest absolute Gasteiger partial charge is 0.266 e. The number of amides is 2. The van der Waals surface area contributed by atoms with E-state index in [4.69, 9.17) is 9.47 Å². The number of carbonyl (C=O) groups is 2. The molecule has 0 saturated carbocycles.